The third kappa shape index (κ3) is 4.55. The number of aromatic nitrogens is 1. The Kier molecular flexibility index (Phi) is 6.11. The molecule has 170 valence electrons. The van der Waals surface area contributed by atoms with Crippen LogP contribution in [0, 0.1) is 22.7 Å². The third-order valence-electron chi connectivity index (χ3n) is 6.50. The predicted molar refractivity (Wildman–Crippen MR) is 136 cm³/mol. The van der Waals surface area contributed by atoms with Gasteiger partial charge in [0.25, 0.3) is 5.91 Å². The van der Waals surface area contributed by atoms with E-state index in [1.54, 1.807) is 36.5 Å². The molecule has 1 aliphatic rings. The summed E-state index contributed by atoms with van der Waals surface area (Å²) in [5.74, 6) is -0.0883. The van der Waals surface area contributed by atoms with Crippen molar-refractivity contribution in [3.63, 3.8) is 0 Å². The molecule has 6 heteroatoms. The molecule has 1 N–H and O–H groups in total. The number of rotatable bonds is 4. The van der Waals surface area contributed by atoms with Gasteiger partial charge in [-0.3, -0.25) is 9.78 Å². The smallest absolute Gasteiger partial charge is 0.255 e. The molecular weight excluding hydrogens is 434 g/mol. The average molecular weight is 458 g/mol. The Morgan fingerprint density at radius 1 is 0.943 bits per heavy atom. The van der Waals surface area contributed by atoms with Gasteiger partial charge in [-0.05, 0) is 71.8 Å². The van der Waals surface area contributed by atoms with E-state index in [2.05, 4.69) is 34.6 Å². The maximum Gasteiger partial charge on any atom is 0.255 e. The van der Waals surface area contributed by atoms with Crippen LogP contribution in [0.1, 0.15) is 34.3 Å². The monoisotopic (exact) mass is 457 g/mol. The molecule has 5 rings (SSSR count). The molecule has 0 unspecified atom stereocenters. The minimum absolute atomic E-state index is 0.0883. The molecule has 1 aromatic heterocycles. The van der Waals surface area contributed by atoms with Gasteiger partial charge in [-0.25, -0.2) is 0 Å². The van der Waals surface area contributed by atoms with E-state index in [4.69, 9.17) is 0 Å². The van der Waals surface area contributed by atoms with E-state index in [1.165, 1.54) is 0 Å². The van der Waals surface area contributed by atoms with Gasteiger partial charge in [-0.2, -0.15) is 10.5 Å². The van der Waals surface area contributed by atoms with Crippen LogP contribution in [0.2, 0.25) is 0 Å². The van der Waals surface area contributed by atoms with E-state index in [1.807, 2.05) is 35.4 Å². The zero-order valence-corrected chi connectivity index (χ0v) is 19.1. The minimum atomic E-state index is -0.0883. The molecule has 0 radical (unpaired) electrons. The Hall–Kier alpha value is -4.68. The van der Waals surface area contributed by atoms with Gasteiger partial charge >= 0.3 is 0 Å². The predicted octanol–water partition coefficient (Wildman–Crippen LogP) is 5.36. The number of hydrogen-bond donors (Lipinski definition) is 1. The molecule has 0 spiro atoms. The maximum absolute atomic E-state index is 13.0. The number of nitrogens with zero attached hydrogens (tertiary/aromatic N) is 4. The topological polar surface area (TPSA) is 92.8 Å². The molecule has 3 aromatic carbocycles. The first-order chi connectivity index (χ1) is 17.2. The van der Waals surface area contributed by atoms with Gasteiger partial charge in [0, 0.05) is 42.6 Å². The van der Waals surface area contributed by atoms with Crippen molar-refractivity contribution in [3.8, 4) is 23.3 Å². The zero-order chi connectivity index (χ0) is 24.2. The zero-order valence-electron chi connectivity index (χ0n) is 19.1. The van der Waals surface area contributed by atoms with Crippen LogP contribution in [0.25, 0.3) is 21.9 Å². The number of piperidine rings is 1. The van der Waals surface area contributed by atoms with Crippen molar-refractivity contribution < 1.29 is 4.79 Å². The number of anilines is 1. The van der Waals surface area contributed by atoms with Crippen LogP contribution < -0.4 is 5.32 Å². The molecule has 1 fully saturated rings. The average Bonchev–Trinajstić information content (AvgIpc) is 2.93. The number of nitriles is 2. The molecule has 6 nitrogen and oxygen atoms in total. The summed E-state index contributed by atoms with van der Waals surface area (Å²) in [6, 6.07) is 25.3. The van der Waals surface area contributed by atoms with Gasteiger partial charge in [0.2, 0.25) is 0 Å². The number of benzene rings is 3. The fraction of sp³-hybridized carbons (Fsp3) is 0.172. The van der Waals surface area contributed by atoms with Crippen molar-refractivity contribution in [2.75, 3.05) is 18.4 Å². The first kappa shape index (κ1) is 22.1. The van der Waals surface area contributed by atoms with Crippen molar-refractivity contribution >= 4 is 22.4 Å². The molecule has 0 atom stereocenters. The fourth-order valence-corrected chi connectivity index (χ4v) is 4.64. The van der Waals surface area contributed by atoms with Crippen molar-refractivity contribution in [1.29, 1.82) is 10.5 Å². The Labute approximate surface area is 204 Å². The van der Waals surface area contributed by atoms with E-state index in [-0.39, 0.29) is 11.9 Å². The number of pyridine rings is 1. The van der Waals surface area contributed by atoms with E-state index in [0.29, 0.717) is 29.8 Å². The highest BCUT2D eigenvalue weighted by molar-refractivity contribution is 5.98. The van der Waals surface area contributed by atoms with E-state index in [0.717, 1.165) is 40.4 Å². The number of carbonyl (C=O) groups is 1. The first-order valence-corrected chi connectivity index (χ1v) is 11.6. The Morgan fingerprint density at radius 3 is 2.57 bits per heavy atom. The molecular formula is C29H23N5O. The van der Waals surface area contributed by atoms with Crippen LogP contribution in [0.15, 0.2) is 79.1 Å². The van der Waals surface area contributed by atoms with Crippen LogP contribution in [0.5, 0.6) is 0 Å². The van der Waals surface area contributed by atoms with Crippen LogP contribution in [-0.2, 0) is 0 Å². The summed E-state index contributed by atoms with van der Waals surface area (Å²) < 4.78 is 0. The lowest BCUT2D eigenvalue weighted by Crippen LogP contribution is -2.42. The van der Waals surface area contributed by atoms with Crippen molar-refractivity contribution in [2.24, 2.45) is 0 Å². The molecule has 0 saturated carbocycles. The van der Waals surface area contributed by atoms with Crippen LogP contribution >= 0.6 is 0 Å². The first-order valence-electron chi connectivity index (χ1n) is 11.6. The largest absolute Gasteiger partial charge is 0.382 e. The summed E-state index contributed by atoms with van der Waals surface area (Å²) in [5, 5.41) is 24.4. The molecule has 0 bridgehead atoms. The number of carbonyl (C=O) groups excluding carboxylic acids is 1. The molecule has 1 saturated heterocycles. The number of hydrogen-bond acceptors (Lipinski definition) is 5. The Morgan fingerprint density at radius 2 is 1.77 bits per heavy atom. The molecule has 1 aliphatic heterocycles. The van der Waals surface area contributed by atoms with Gasteiger partial charge in [0.05, 0.1) is 28.8 Å². The summed E-state index contributed by atoms with van der Waals surface area (Å²) in [7, 11) is 0. The second-order valence-electron chi connectivity index (χ2n) is 8.68. The quantitative estimate of drug-likeness (QED) is 0.445. The van der Waals surface area contributed by atoms with E-state index < -0.39 is 0 Å². The highest BCUT2D eigenvalue weighted by Gasteiger charge is 2.25. The molecule has 35 heavy (non-hydrogen) atoms. The maximum atomic E-state index is 13.0. The van der Waals surface area contributed by atoms with Crippen molar-refractivity contribution in [1.82, 2.24) is 9.88 Å². The van der Waals surface area contributed by atoms with Gasteiger partial charge in [0.1, 0.15) is 0 Å². The Bertz CT molecular complexity index is 1490. The standard InChI is InChI=1S/C29H23N5O/c30-17-20-4-3-6-21(14-20)24-15-22-8-11-32-19-27(22)28(16-24)33-25-9-12-34(13-10-25)29(35)26-7-2-1-5-23(26)18-31/h1-8,11,14-16,19,25,33H,9-10,12-13H2. The molecule has 0 aliphatic carbocycles. The van der Waals surface area contributed by atoms with Crippen LogP contribution in [0.3, 0.4) is 0 Å². The van der Waals surface area contributed by atoms with Gasteiger partial charge in [-0.15, -0.1) is 0 Å². The second-order valence-corrected chi connectivity index (χ2v) is 8.68. The lowest BCUT2D eigenvalue weighted by Gasteiger charge is -2.33. The molecule has 4 aromatic rings. The Balaban J connectivity index is 1.36. The van der Waals surface area contributed by atoms with Gasteiger partial charge < -0.3 is 10.2 Å². The van der Waals surface area contributed by atoms with Crippen molar-refractivity contribution in [3.05, 3.63) is 95.8 Å². The van der Waals surface area contributed by atoms with Gasteiger partial charge in [0.15, 0.2) is 0 Å². The molecule has 2 heterocycles. The highest BCUT2D eigenvalue weighted by Crippen LogP contribution is 2.32. The number of nitrogens with one attached hydrogen (secondary N) is 1. The van der Waals surface area contributed by atoms with Crippen LogP contribution in [0.4, 0.5) is 5.69 Å². The van der Waals surface area contributed by atoms with E-state index in [9.17, 15) is 15.3 Å². The summed E-state index contributed by atoms with van der Waals surface area (Å²) in [4.78, 5) is 19.1. The second kappa shape index (κ2) is 9.67. The third-order valence-corrected chi connectivity index (χ3v) is 6.50. The minimum Gasteiger partial charge on any atom is -0.382 e. The van der Waals surface area contributed by atoms with Crippen LogP contribution in [-0.4, -0.2) is 34.9 Å². The van der Waals surface area contributed by atoms with Crippen molar-refractivity contribution in [2.45, 2.75) is 18.9 Å². The number of likely N-dealkylation sites (tertiary alicyclic amines) is 1. The summed E-state index contributed by atoms with van der Waals surface area (Å²) in [5.41, 5.74) is 4.51. The number of fused-ring (bicyclic) bond motifs is 1. The molecule has 1 amide bonds. The summed E-state index contributed by atoms with van der Waals surface area (Å²) in [6.45, 7) is 1.24. The fourth-order valence-electron chi connectivity index (χ4n) is 4.64. The SMILES string of the molecule is N#Cc1cccc(-c2cc(NC3CCN(C(=O)c4ccccc4C#N)CC3)c3cnccc3c2)c1. The normalized spacial score (nSPS) is 13.7. The summed E-state index contributed by atoms with van der Waals surface area (Å²) >= 11 is 0. The lowest BCUT2D eigenvalue weighted by atomic mass is 9.98. The number of amides is 1. The lowest BCUT2D eigenvalue weighted by molar-refractivity contribution is 0.0718. The summed E-state index contributed by atoms with van der Waals surface area (Å²) in [6.07, 6.45) is 5.25. The van der Waals surface area contributed by atoms with E-state index >= 15 is 0 Å². The highest BCUT2D eigenvalue weighted by atomic mass is 16.2. The van der Waals surface area contributed by atoms with Gasteiger partial charge in [-0.1, -0.05) is 24.3 Å².